The molecule has 1 aromatic heterocycles. The van der Waals surface area contributed by atoms with Gasteiger partial charge in [0, 0.05) is 41.3 Å². The molecule has 1 aromatic rings. The van der Waals surface area contributed by atoms with Crippen LogP contribution in [-0.4, -0.2) is 33.3 Å². The van der Waals surface area contributed by atoms with Crippen molar-refractivity contribution in [2.45, 2.75) is 37.8 Å². The molecule has 0 aromatic carbocycles. The first kappa shape index (κ1) is 15.1. The van der Waals surface area contributed by atoms with E-state index in [-0.39, 0.29) is 0 Å². The molecule has 19 heavy (non-hydrogen) atoms. The van der Waals surface area contributed by atoms with Crippen LogP contribution in [0, 0.1) is 5.92 Å². The maximum absolute atomic E-state index is 4.57. The zero-order valence-electron chi connectivity index (χ0n) is 11.9. The Hall–Kier alpha value is -0.260. The number of thioether (sulfide) groups is 2. The maximum Gasteiger partial charge on any atom is 0.142 e. The zero-order chi connectivity index (χ0) is 13.7. The van der Waals surface area contributed by atoms with Crippen molar-refractivity contribution in [3.05, 3.63) is 23.8 Å². The van der Waals surface area contributed by atoms with Crippen molar-refractivity contribution >= 4 is 23.5 Å². The topological polar surface area (TPSA) is 37.8 Å². The van der Waals surface area contributed by atoms with Gasteiger partial charge >= 0.3 is 0 Å². The van der Waals surface area contributed by atoms with Gasteiger partial charge in [0.1, 0.15) is 5.82 Å². The first-order valence-corrected chi connectivity index (χ1v) is 9.01. The van der Waals surface area contributed by atoms with Crippen molar-refractivity contribution in [3.8, 4) is 0 Å². The number of aromatic nitrogens is 2. The van der Waals surface area contributed by atoms with E-state index in [0.29, 0.717) is 16.4 Å². The van der Waals surface area contributed by atoms with Gasteiger partial charge < -0.3 is 5.32 Å². The molecule has 2 heterocycles. The van der Waals surface area contributed by atoms with Crippen LogP contribution in [0.4, 0.5) is 0 Å². The third kappa shape index (κ3) is 4.65. The van der Waals surface area contributed by atoms with E-state index in [2.05, 4.69) is 36.1 Å². The van der Waals surface area contributed by atoms with Gasteiger partial charge in [-0.25, -0.2) is 9.97 Å². The van der Waals surface area contributed by atoms with Crippen LogP contribution in [0.25, 0.3) is 0 Å². The average Bonchev–Trinajstić information content (AvgIpc) is 2.40. The second-order valence-electron chi connectivity index (χ2n) is 5.34. The summed E-state index contributed by atoms with van der Waals surface area (Å²) in [5.74, 6) is 4.13. The Bertz CT molecular complexity index is 381. The molecule has 1 fully saturated rings. The van der Waals surface area contributed by atoms with E-state index in [4.69, 9.17) is 0 Å². The van der Waals surface area contributed by atoms with Crippen molar-refractivity contribution in [2.24, 2.45) is 5.92 Å². The van der Waals surface area contributed by atoms with E-state index in [9.17, 15) is 0 Å². The molecule has 106 valence electrons. The number of nitrogens with zero attached hydrogens (tertiary/aromatic N) is 2. The molecule has 1 aliphatic heterocycles. The molecule has 2 unspecified atom stereocenters. The molecule has 0 radical (unpaired) electrons. The van der Waals surface area contributed by atoms with Crippen LogP contribution in [0.2, 0.25) is 0 Å². The van der Waals surface area contributed by atoms with Gasteiger partial charge in [-0.05, 0) is 12.5 Å². The Morgan fingerprint density at radius 1 is 1.26 bits per heavy atom. The molecule has 1 aliphatic rings. The van der Waals surface area contributed by atoms with Gasteiger partial charge in [-0.1, -0.05) is 20.8 Å². The van der Waals surface area contributed by atoms with Crippen LogP contribution in [0.15, 0.2) is 12.4 Å². The van der Waals surface area contributed by atoms with E-state index in [1.54, 1.807) is 0 Å². The van der Waals surface area contributed by atoms with E-state index >= 15 is 0 Å². The second kappa shape index (κ2) is 7.50. The highest BCUT2D eigenvalue weighted by atomic mass is 32.2. The molecule has 1 N–H and O–H groups in total. The molecule has 1 saturated heterocycles. The van der Waals surface area contributed by atoms with Gasteiger partial charge in [0.2, 0.25) is 0 Å². The molecule has 3 nitrogen and oxygen atoms in total. The lowest BCUT2D eigenvalue weighted by molar-refractivity contribution is 0.551. The van der Waals surface area contributed by atoms with Crippen LogP contribution < -0.4 is 5.32 Å². The molecular weight excluding hydrogens is 274 g/mol. The van der Waals surface area contributed by atoms with Crippen molar-refractivity contribution in [3.63, 3.8) is 0 Å². The van der Waals surface area contributed by atoms with Gasteiger partial charge in [-0.3, -0.25) is 0 Å². The molecule has 0 amide bonds. The van der Waals surface area contributed by atoms with E-state index in [1.807, 2.05) is 35.9 Å². The summed E-state index contributed by atoms with van der Waals surface area (Å²) in [5.41, 5.74) is 1.17. The normalized spacial score (nSPS) is 23.8. The van der Waals surface area contributed by atoms with Gasteiger partial charge in [0.25, 0.3) is 0 Å². The fraction of sp³-hybridized carbons (Fsp3) is 0.714. The summed E-state index contributed by atoms with van der Waals surface area (Å²) in [6, 6.07) is 0. The Kier molecular flexibility index (Phi) is 5.98. The minimum Gasteiger partial charge on any atom is -0.312 e. The van der Waals surface area contributed by atoms with Crippen molar-refractivity contribution in [1.82, 2.24) is 15.3 Å². The van der Waals surface area contributed by atoms with Crippen LogP contribution in [0.1, 0.15) is 37.4 Å². The summed E-state index contributed by atoms with van der Waals surface area (Å²) in [6.07, 6.45) is 3.95. The Morgan fingerprint density at radius 3 is 2.58 bits per heavy atom. The minimum absolute atomic E-state index is 0.455. The lowest BCUT2D eigenvalue weighted by Crippen LogP contribution is -2.20. The molecule has 0 saturated carbocycles. The largest absolute Gasteiger partial charge is 0.312 e. The summed E-state index contributed by atoms with van der Waals surface area (Å²) in [6.45, 7) is 8.61. The number of rotatable bonds is 5. The van der Waals surface area contributed by atoms with Crippen LogP contribution in [0.3, 0.4) is 0 Å². The van der Waals surface area contributed by atoms with Crippen LogP contribution in [0.5, 0.6) is 0 Å². The van der Waals surface area contributed by atoms with Crippen molar-refractivity contribution in [1.29, 1.82) is 0 Å². The highest BCUT2D eigenvalue weighted by Gasteiger charge is 2.26. The molecule has 0 aliphatic carbocycles. The summed E-state index contributed by atoms with van der Waals surface area (Å²) >= 11 is 4.02. The van der Waals surface area contributed by atoms with Crippen molar-refractivity contribution < 1.29 is 0 Å². The minimum atomic E-state index is 0.455. The molecule has 2 rings (SSSR count). The number of hydrogen-bond donors (Lipinski definition) is 1. The monoisotopic (exact) mass is 297 g/mol. The zero-order valence-corrected chi connectivity index (χ0v) is 13.6. The van der Waals surface area contributed by atoms with Gasteiger partial charge in [-0.2, -0.15) is 11.8 Å². The molecule has 0 bridgehead atoms. The Morgan fingerprint density at radius 2 is 1.95 bits per heavy atom. The second-order valence-corrected chi connectivity index (χ2v) is 8.08. The third-order valence-electron chi connectivity index (χ3n) is 3.05. The number of hydrogen-bond acceptors (Lipinski definition) is 5. The quantitative estimate of drug-likeness (QED) is 0.904. The van der Waals surface area contributed by atoms with Crippen molar-refractivity contribution in [2.75, 3.05) is 18.1 Å². The number of nitrogens with one attached hydrogen (secondary N) is 1. The molecule has 5 heteroatoms. The van der Waals surface area contributed by atoms with E-state index in [0.717, 1.165) is 18.9 Å². The fourth-order valence-corrected chi connectivity index (χ4v) is 4.73. The lowest BCUT2D eigenvalue weighted by Gasteiger charge is -2.26. The predicted molar refractivity (Wildman–Crippen MR) is 85.7 cm³/mol. The lowest BCUT2D eigenvalue weighted by atomic mass is 10.2. The predicted octanol–water partition coefficient (Wildman–Crippen LogP) is 3.13. The average molecular weight is 297 g/mol. The van der Waals surface area contributed by atoms with Gasteiger partial charge in [-0.15, -0.1) is 11.8 Å². The third-order valence-corrected chi connectivity index (χ3v) is 6.14. The first-order chi connectivity index (χ1) is 9.16. The van der Waals surface area contributed by atoms with E-state index < -0.39 is 0 Å². The molecular formula is C14H23N3S2. The standard InChI is InChI=1S/C14H23N3S2/c1-10(2)6-15-7-12-8-16-14(17-9-12)13-11(3)18-4-5-19-13/h8-11,13,15H,4-7H2,1-3H3. The Labute approximate surface area is 124 Å². The molecule has 0 spiro atoms. The Balaban J connectivity index is 1.90. The van der Waals surface area contributed by atoms with Crippen LogP contribution in [-0.2, 0) is 6.54 Å². The van der Waals surface area contributed by atoms with E-state index in [1.165, 1.54) is 17.1 Å². The fourth-order valence-electron chi connectivity index (χ4n) is 2.02. The summed E-state index contributed by atoms with van der Waals surface area (Å²) in [7, 11) is 0. The maximum atomic E-state index is 4.57. The molecule has 2 atom stereocenters. The summed E-state index contributed by atoms with van der Waals surface area (Å²) < 4.78 is 0. The summed E-state index contributed by atoms with van der Waals surface area (Å²) in [4.78, 5) is 9.13. The smallest absolute Gasteiger partial charge is 0.142 e. The SMILES string of the molecule is CC(C)CNCc1cnc(C2SCCSC2C)nc1. The first-order valence-electron chi connectivity index (χ1n) is 6.91. The van der Waals surface area contributed by atoms with Crippen LogP contribution >= 0.6 is 23.5 Å². The van der Waals surface area contributed by atoms with Gasteiger partial charge in [0.05, 0.1) is 5.25 Å². The highest BCUT2D eigenvalue weighted by Crippen LogP contribution is 2.40. The highest BCUT2D eigenvalue weighted by molar-refractivity contribution is 8.06. The van der Waals surface area contributed by atoms with Gasteiger partial charge in [0.15, 0.2) is 0 Å². The summed E-state index contributed by atoms with van der Waals surface area (Å²) in [5, 5.41) is 4.49.